The van der Waals surface area contributed by atoms with E-state index >= 15 is 0 Å². The molecule has 0 aromatic carbocycles. The number of sulfone groups is 1. The minimum atomic E-state index is -2.90. The van der Waals surface area contributed by atoms with Crippen LogP contribution in [0.4, 0.5) is 0 Å². The summed E-state index contributed by atoms with van der Waals surface area (Å²) in [6.07, 6.45) is 0.974. The number of rotatable bonds is 7. The van der Waals surface area contributed by atoms with Gasteiger partial charge in [-0.25, -0.2) is 8.42 Å². The van der Waals surface area contributed by atoms with Gasteiger partial charge >= 0.3 is 0 Å². The zero-order valence-corrected chi connectivity index (χ0v) is 15.5. The van der Waals surface area contributed by atoms with Gasteiger partial charge in [0, 0.05) is 32.0 Å². The van der Waals surface area contributed by atoms with Crippen LogP contribution in [0.5, 0.6) is 0 Å². The average Bonchev–Trinajstić information content (AvgIpc) is 3.10. The zero-order chi connectivity index (χ0) is 17.9. The molecule has 2 heterocycles. The van der Waals surface area contributed by atoms with Gasteiger partial charge in [-0.2, -0.15) is 4.98 Å². The Morgan fingerprint density at radius 3 is 2.62 bits per heavy atom. The number of amides is 1. The van der Waals surface area contributed by atoms with Crippen molar-refractivity contribution in [1.82, 2.24) is 19.9 Å². The van der Waals surface area contributed by atoms with Crippen LogP contribution >= 0.6 is 0 Å². The Hall–Kier alpha value is -1.48. The number of carbonyl (C=O) groups excluding carboxylic acids is 1. The molecule has 1 aromatic heterocycles. The molecule has 0 radical (unpaired) electrons. The molecule has 0 saturated carbocycles. The number of hydrogen-bond acceptors (Lipinski definition) is 7. The lowest BCUT2D eigenvalue weighted by atomic mass is 10.2. The first-order valence-electron chi connectivity index (χ1n) is 8.15. The third-order valence-electron chi connectivity index (χ3n) is 4.29. The zero-order valence-electron chi connectivity index (χ0n) is 14.7. The van der Waals surface area contributed by atoms with Crippen molar-refractivity contribution in [2.75, 3.05) is 32.1 Å². The van der Waals surface area contributed by atoms with Crippen molar-refractivity contribution in [3.05, 3.63) is 11.7 Å². The molecule has 1 amide bonds. The van der Waals surface area contributed by atoms with Gasteiger partial charge in [-0.05, 0) is 13.5 Å². The molecule has 1 saturated heterocycles. The second kappa shape index (κ2) is 7.60. The first-order valence-corrected chi connectivity index (χ1v) is 9.97. The maximum atomic E-state index is 12.2. The number of aromatic nitrogens is 2. The summed E-state index contributed by atoms with van der Waals surface area (Å²) in [5, 5.41) is 3.88. The normalized spacial score (nSPS) is 20.0. The van der Waals surface area contributed by atoms with E-state index in [1.165, 1.54) is 0 Å². The molecule has 0 aliphatic carbocycles. The predicted molar refractivity (Wildman–Crippen MR) is 89.2 cm³/mol. The molecule has 136 valence electrons. The van der Waals surface area contributed by atoms with Crippen molar-refractivity contribution < 1.29 is 17.7 Å². The Kier molecular flexibility index (Phi) is 5.97. The van der Waals surface area contributed by atoms with E-state index in [1.807, 2.05) is 25.8 Å². The van der Waals surface area contributed by atoms with Crippen LogP contribution in [0.25, 0.3) is 0 Å². The molecule has 1 aromatic rings. The largest absolute Gasteiger partial charge is 0.339 e. The van der Waals surface area contributed by atoms with Crippen LogP contribution in [0.1, 0.15) is 44.3 Å². The van der Waals surface area contributed by atoms with Gasteiger partial charge in [-0.15, -0.1) is 0 Å². The molecule has 1 atom stereocenters. The van der Waals surface area contributed by atoms with Crippen LogP contribution in [0.2, 0.25) is 0 Å². The number of carbonyl (C=O) groups is 1. The van der Waals surface area contributed by atoms with Crippen LogP contribution in [0, 0.1) is 0 Å². The molecular formula is C15H26N4O4S. The Morgan fingerprint density at radius 1 is 1.38 bits per heavy atom. The van der Waals surface area contributed by atoms with Gasteiger partial charge in [0.2, 0.25) is 11.8 Å². The second-order valence-corrected chi connectivity index (χ2v) is 8.97. The molecule has 0 spiro atoms. The maximum absolute atomic E-state index is 12.2. The summed E-state index contributed by atoms with van der Waals surface area (Å²) in [4.78, 5) is 20.0. The van der Waals surface area contributed by atoms with Gasteiger partial charge < -0.3 is 14.3 Å². The minimum absolute atomic E-state index is 0.0129. The summed E-state index contributed by atoms with van der Waals surface area (Å²) in [6.45, 7) is 4.76. The van der Waals surface area contributed by atoms with Gasteiger partial charge in [-0.3, -0.25) is 4.79 Å². The molecule has 0 N–H and O–H groups in total. The number of hydrogen-bond donors (Lipinski definition) is 0. The van der Waals surface area contributed by atoms with Gasteiger partial charge in [0.1, 0.15) is 0 Å². The van der Waals surface area contributed by atoms with Crippen LogP contribution in [0.15, 0.2) is 4.52 Å². The lowest BCUT2D eigenvalue weighted by Gasteiger charge is -2.24. The summed E-state index contributed by atoms with van der Waals surface area (Å²) in [7, 11) is 0.665. The summed E-state index contributed by atoms with van der Waals surface area (Å²) in [6, 6.07) is 0.0129. The van der Waals surface area contributed by atoms with Crippen molar-refractivity contribution in [1.29, 1.82) is 0 Å². The summed E-state index contributed by atoms with van der Waals surface area (Å²) >= 11 is 0. The van der Waals surface area contributed by atoms with E-state index in [9.17, 15) is 13.2 Å². The van der Waals surface area contributed by atoms with Crippen molar-refractivity contribution in [3.63, 3.8) is 0 Å². The average molecular weight is 358 g/mol. The smallest absolute Gasteiger partial charge is 0.229 e. The quantitative estimate of drug-likeness (QED) is 0.706. The van der Waals surface area contributed by atoms with Crippen molar-refractivity contribution >= 4 is 15.7 Å². The molecule has 2 rings (SSSR count). The third kappa shape index (κ3) is 5.01. The van der Waals surface area contributed by atoms with Gasteiger partial charge in [0.15, 0.2) is 15.7 Å². The van der Waals surface area contributed by atoms with E-state index in [0.717, 1.165) is 0 Å². The van der Waals surface area contributed by atoms with Crippen LogP contribution in [-0.2, 0) is 21.2 Å². The van der Waals surface area contributed by atoms with E-state index in [-0.39, 0.29) is 29.4 Å². The maximum Gasteiger partial charge on any atom is 0.229 e. The third-order valence-corrected chi connectivity index (χ3v) is 6.04. The van der Waals surface area contributed by atoms with Gasteiger partial charge in [-0.1, -0.05) is 19.0 Å². The Bertz CT molecular complexity index is 671. The predicted octanol–water partition coefficient (Wildman–Crippen LogP) is 0.660. The van der Waals surface area contributed by atoms with Crippen molar-refractivity contribution in [2.24, 2.45) is 0 Å². The highest BCUT2D eigenvalue weighted by Gasteiger charge is 2.30. The fourth-order valence-electron chi connectivity index (χ4n) is 2.63. The number of nitrogens with zero attached hydrogens (tertiary/aromatic N) is 4. The van der Waals surface area contributed by atoms with Crippen LogP contribution < -0.4 is 0 Å². The topological polar surface area (TPSA) is 96.6 Å². The van der Waals surface area contributed by atoms with E-state index in [4.69, 9.17) is 4.52 Å². The lowest BCUT2D eigenvalue weighted by molar-refractivity contribution is -0.130. The van der Waals surface area contributed by atoms with Crippen molar-refractivity contribution in [2.45, 2.75) is 45.2 Å². The molecule has 9 heteroatoms. The SMILES string of the molecule is CC(C)c1nc(CN(C)C(=O)CCN(C)[C@@H]2CCS(=O)(=O)C2)no1. The first kappa shape index (κ1) is 18.9. The van der Waals surface area contributed by atoms with E-state index in [2.05, 4.69) is 10.1 Å². The summed E-state index contributed by atoms with van der Waals surface area (Å²) < 4.78 is 28.2. The molecule has 8 nitrogen and oxygen atoms in total. The summed E-state index contributed by atoms with van der Waals surface area (Å²) in [5.74, 6) is 1.61. The van der Waals surface area contributed by atoms with Crippen LogP contribution in [-0.4, -0.2) is 72.5 Å². The molecule has 0 bridgehead atoms. The van der Waals surface area contributed by atoms with E-state index in [1.54, 1.807) is 11.9 Å². The molecule has 24 heavy (non-hydrogen) atoms. The highest BCUT2D eigenvalue weighted by atomic mass is 32.2. The van der Waals surface area contributed by atoms with Gasteiger partial charge in [0.25, 0.3) is 0 Å². The molecule has 0 unspecified atom stereocenters. The van der Waals surface area contributed by atoms with Crippen molar-refractivity contribution in [3.8, 4) is 0 Å². The Morgan fingerprint density at radius 2 is 2.08 bits per heavy atom. The van der Waals surface area contributed by atoms with Gasteiger partial charge in [0.05, 0.1) is 18.1 Å². The Balaban J connectivity index is 1.79. The monoisotopic (exact) mass is 358 g/mol. The lowest BCUT2D eigenvalue weighted by Crippen LogP contribution is -2.36. The molecular weight excluding hydrogens is 332 g/mol. The standard InChI is InChI=1S/C15H26N4O4S/c1-11(2)15-16-13(17-23-15)9-19(4)14(20)5-7-18(3)12-6-8-24(21,22)10-12/h11-12H,5-10H2,1-4H3/t12-/m1/s1. The fraction of sp³-hybridized carbons (Fsp3) is 0.800. The van der Waals surface area contributed by atoms with E-state index < -0.39 is 9.84 Å². The first-order chi connectivity index (χ1) is 11.2. The van der Waals surface area contributed by atoms with Crippen LogP contribution in [0.3, 0.4) is 0 Å². The molecule has 1 fully saturated rings. The van der Waals surface area contributed by atoms with E-state index in [0.29, 0.717) is 37.6 Å². The second-order valence-electron chi connectivity index (χ2n) is 6.74. The molecule has 1 aliphatic heterocycles. The highest BCUT2D eigenvalue weighted by molar-refractivity contribution is 7.91. The minimum Gasteiger partial charge on any atom is -0.339 e. The Labute approximate surface area is 143 Å². The summed E-state index contributed by atoms with van der Waals surface area (Å²) in [5.41, 5.74) is 0. The fourth-order valence-corrected chi connectivity index (χ4v) is 4.44. The molecule has 1 aliphatic rings. The highest BCUT2D eigenvalue weighted by Crippen LogP contribution is 2.17.